The van der Waals surface area contributed by atoms with Crippen molar-refractivity contribution in [3.8, 4) is 33.4 Å². The van der Waals surface area contributed by atoms with Crippen LogP contribution in [0.2, 0.25) is 0 Å². The molecule has 1 nitrogen and oxygen atoms in total. The summed E-state index contributed by atoms with van der Waals surface area (Å²) in [5, 5.41) is 15.2. The summed E-state index contributed by atoms with van der Waals surface area (Å²) in [7, 11) is 0. The van der Waals surface area contributed by atoms with Gasteiger partial charge in [0.05, 0.1) is 17.1 Å². The van der Waals surface area contributed by atoms with Crippen LogP contribution in [0.1, 0.15) is 49.9 Å². The van der Waals surface area contributed by atoms with Crippen LogP contribution in [0.4, 0.5) is 17.1 Å². The van der Waals surface area contributed by atoms with Gasteiger partial charge in [0.25, 0.3) is 0 Å². The average molecular weight is 854 g/mol. The number of nitrogens with zero attached hydrogens (tertiary/aromatic N) is 1. The molecule has 0 atom stereocenters. The molecule has 0 saturated heterocycles. The fourth-order valence-corrected chi connectivity index (χ4v) is 12.4. The standard InChI is InChI=1S/C66H47N/c1-65(2)55-36-46(61-49-23-11-5-17-40(49)33-41-18-6-12-24-50(41)61)29-31-59(55)67-60-32-30-47(62-51-25-13-7-19-42(51)34-43-20-8-14-26-52(43)62)37-56(60)66(3,4)58-39-48(38-57(65)64(58)67)63-53-27-15-9-21-44(53)35-45-22-10-16-28-54(45)63/h5-39H,1-4H3. The van der Waals surface area contributed by atoms with E-state index in [1.54, 1.807) is 0 Å². The van der Waals surface area contributed by atoms with Gasteiger partial charge in [0, 0.05) is 10.8 Å². The van der Waals surface area contributed by atoms with Crippen molar-refractivity contribution in [2.45, 2.75) is 38.5 Å². The second-order valence-electron chi connectivity index (χ2n) is 20.1. The number of hydrogen-bond acceptors (Lipinski definition) is 1. The van der Waals surface area contributed by atoms with Crippen molar-refractivity contribution in [1.29, 1.82) is 0 Å². The molecule has 14 rings (SSSR count). The summed E-state index contributed by atoms with van der Waals surface area (Å²) < 4.78 is 0. The van der Waals surface area contributed by atoms with E-state index in [9.17, 15) is 0 Å². The van der Waals surface area contributed by atoms with Crippen LogP contribution in [-0.4, -0.2) is 0 Å². The van der Waals surface area contributed by atoms with Crippen molar-refractivity contribution in [3.05, 3.63) is 235 Å². The van der Waals surface area contributed by atoms with Crippen LogP contribution in [-0.2, 0) is 10.8 Å². The van der Waals surface area contributed by atoms with Gasteiger partial charge in [0.2, 0.25) is 0 Å². The maximum absolute atomic E-state index is 2.63. The first-order valence-corrected chi connectivity index (χ1v) is 23.7. The summed E-state index contributed by atoms with van der Waals surface area (Å²) in [5.74, 6) is 0. The van der Waals surface area contributed by atoms with E-state index in [4.69, 9.17) is 0 Å². The van der Waals surface area contributed by atoms with Crippen LogP contribution in [0.25, 0.3) is 98.0 Å². The molecule has 0 fully saturated rings. The molecule has 1 heteroatoms. The third-order valence-corrected chi connectivity index (χ3v) is 15.7. The summed E-state index contributed by atoms with van der Waals surface area (Å²) >= 11 is 0. The lowest BCUT2D eigenvalue weighted by molar-refractivity contribution is 0.598. The molecule has 12 aromatic rings. The van der Waals surface area contributed by atoms with E-state index >= 15 is 0 Å². The van der Waals surface area contributed by atoms with Crippen molar-refractivity contribution >= 4 is 81.7 Å². The first-order chi connectivity index (χ1) is 32.7. The monoisotopic (exact) mass is 853 g/mol. The maximum Gasteiger partial charge on any atom is 0.0544 e. The lowest BCUT2D eigenvalue weighted by Crippen LogP contribution is -2.38. The van der Waals surface area contributed by atoms with Crippen LogP contribution in [0.3, 0.4) is 0 Å². The molecule has 0 saturated carbocycles. The summed E-state index contributed by atoms with van der Waals surface area (Å²) in [6.45, 7) is 9.86. The summed E-state index contributed by atoms with van der Waals surface area (Å²) in [4.78, 5) is 2.63. The van der Waals surface area contributed by atoms with Crippen LogP contribution in [0.5, 0.6) is 0 Å². The summed E-state index contributed by atoms with van der Waals surface area (Å²) in [5.41, 5.74) is 16.1. The van der Waals surface area contributed by atoms with Crippen molar-refractivity contribution in [1.82, 2.24) is 0 Å². The third kappa shape index (κ3) is 5.37. The zero-order chi connectivity index (χ0) is 44.8. The fraction of sp³-hybridized carbons (Fsp3) is 0.0909. The Morgan fingerprint density at radius 1 is 0.269 bits per heavy atom. The summed E-state index contributed by atoms with van der Waals surface area (Å²) in [6.07, 6.45) is 0. The highest BCUT2D eigenvalue weighted by molar-refractivity contribution is 6.16. The molecule has 0 N–H and O–H groups in total. The number of rotatable bonds is 3. The molecule has 2 heterocycles. The highest BCUT2D eigenvalue weighted by Crippen LogP contribution is 2.62. The largest absolute Gasteiger partial charge is 0.309 e. The molecule has 2 aliphatic heterocycles. The summed E-state index contributed by atoms with van der Waals surface area (Å²) in [6, 6.07) is 80.3. The molecule has 0 spiro atoms. The van der Waals surface area contributed by atoms with Gasteiger partial charge in [-0.05, 0) is 175 Å². The second-order valence-corrected chi connectivity index (χ2v) is 20.1. The van der Waals surface area contributed by atoms with Gasteiger partial charge in [-0.2, -0.15) is 0 Å². The predicted molar refractivity (Wildman–Crippen MR) is 287 cm³/mol. The second kappa shape index (κ2) is 13.8. The Bertz CT molecular complexity index is 3740. The van der Waals surface area contributed by atoms with Gasteiger partial charge >= 0.3 is 0 Å². The quantitative estimate of drug-likeness (QED) is 0.160. The zero-order valence-corrected chi connectivity index (χ0v) is 38.2. The Morgan fingerprint density at radius 2 is 0.537 bits per heavy atom. The van der Waals surface area contributed by atoms with Crippen LogP contribution in [0.15, 0.2) is 212 Å². The Hall–Kier alpha value is -8.00. The highest BCUT2D eigenvalue weighted by atomic mass is 15.2. The number of fused-ring (bicyclic) bond motifs is 10. The molecule has 0 aromatic heterocycles. The van der Waals surface area contributed by atoms with Crippen molar-refractivity contribution in [2.24, 2.45) is 0 Å². The molecule has 0 aliphatic carbocycles. The van der Waals surface area contributed by atoms with Crippen LogP contribution >= 0.6 is 0 Å². The Morgan fingerprint density at radius 3 is 0.851 bits per heavy atom. The fourth-order valence-electron chi connectivity index (χ4n) is 12.4. The van der Waals surface area contributed by atoms with Crippen LogP contribution in [0, 0.1) is 0 Å². The molecule has 0 unspecified atom stereocenters. The average Bonchev–Trinajstić information content (AvgIpc) is 3.36. The minimum atomic E-state index is -0.349. The molecule has 2 aliphatic rings. The van der Waals surface area contributed by atoms with Gasteiger partial charge < -0.3 is 4.90 Å². The predicted octanol–water partition coefficient (Wildman–Crippen LogP) is 18.4. The van der Waals surface area contributed by atoms with Gasteiger partial charge in [-0.3, -0.25) is 0 Å². The zero-order valence-electron chi connectivity index (χ0n) is 38.2. The van der Waals surface area contributed by atoms with E-state index in [0.717, 1.165) is 0 Å². The lowest BCUT2D eigenvalue weighted by atomic mass is 9.65. The van der Waals surface area contributed by atoms with Crippen molar-refractivity contribution in [3.63, 3.8) is 0 Å². The molecule has 0 amide bonds. The smallest absolute Gasteiger partial charge is 0.0544 e. The van der Waals surface area contributed by atoms with Crippen molar-refractivity contribution in [2.75, 3.05) is 4.90 Å². The van der Waals surface area contributed by atoms with E-state index in [1.165, 1.54) is 137 Å². The third-order valence-electron chi connectivity index (χ3n) is 15.7. The van der Waals surface area contributed by atoms with E-state index in [-0.39, 0.29) is 10.8 Å². The van der Waals surface area contributed by atoms with Gasteiger partial charge in [-0.15, -0.1) is 0 Å². The molecular formula is C66H47N. The molecular weight excluding hydrogens is 807 g/mol. The van der Waals surface area contributed by atoms with E-state index in [2.05, 4.69) is 245 Å². The Kier molecular flexibility index (Phi) is 7.87. The molecule has 67 heavy (non-hydrogen) atoms. The normalized spacial score (nSPS) is 14.5. The van der Waals surface area contributed by atoms with Gasteiger partial charge in [-0.25, -0.2) is 0 Å². The van der Waals surface area contributed by atoms with E-state index in [0.29, 0.717) is 0 Å². The number of hydrogen-bond donors (Lipinski definition) is 0. The SMILES string of the molecule is CC1(C)c2cc(-c3c4ccccc4cc4ccccc34)ccc2N2c3ccc(-c4c5ccccc5cc5ccccc45)cc3C(C)(C)c3cc(-c4c5ccccc5cc5ccccc45)cc1c32. The van der Waals surface area contributed by atoms with Gasteiger partial charge in [0.1, 0.15) is 0 Å². The number of benzene rings is 12. The van der Waals surface area contributed by atoms with E-state index in [1.807, 2.05) is 0 Å². The van der Waals surface area contributed by atoms with Crippen molar-refractivity contribution < 1.29 is 0 Å². The highest BCUT2D eigenvalue weighted by Gasteiger charge is 2.46. The molecule has 0 radical (unpaired) electrons. The minimum Gasteiger partial charge on any atom is -0.309 e. The van der Waals surface area contributed by atoms with E-state index < -0.39 is 0 Å². The first-order valence-electron chi connectivity index (χ1n) is 23.7. The maximum atomic E-state index is 2.63. The van der Waals surface area contributed by atoms with Gasteiger partial charge in [0.15, 0.2) is 0 Å². The lowest BCUT2D eigenvalue weighted by Gasteiger charge is -2.50. The van der Waals surface area contributed by atoms with Gasteiger partial charge in [-0.1, -0.05) is 185 Å². The Balaban J connectivity index is 1.08. The molecule has 316 valence electrons. The van der Waals surface area contributed by atoms with Crippen LogP contribution < -0.4 is 4.90 Å². The molecule has 0 bridgehead atoms. The minimum absolute atomic E-state index is 0.349. The molecule has 12 aromatic carbocycles. The topological polar surface area (TPSA) is 3.24 Å². The Labute approximate surface area is 391 Å². The first kappa shape index (κ1) is 38.3. The number of anilines is 3.